The molecule has 5 heteroatoms. The summed E-state index contributed by atoms with van der Waals surface area (Å²) in [6.45, 7) is 3.90. The molecule has 1 aliphatic rings. The molecule has 2 unspecified atom stereocenters. The monoisotopic (exact) mass is 275 g/mol. The second-order valence-electron chi connectivity index (χ2n) is 5.80. The van der Waals surface area contributed by atoms with Gasteiger partial charge in [-0.05, 0) is 50.5 Å². The Balaban J connectivity index is 1.98. The molecule has 1 aliphatic carbocycles. The molecule has 2 N–H and O–H groups in total. The van der Waals surface area contributed by atoms with Crippen molar-refractivity contribution in [2.24, 2.45) is 5.73 Å². The van der Waals surface area contributed by atoms with E-state index in [1.807, 2.05) is 6.92 Å². The number of hydrogen-bond acceptors (Lipinski definition) is 4. The van der Waals surface area contributed by atoms with Crippen LogP contribution in [0.25, 0.3) is 11.4 Å². The van der Waals surface area contributed by atoms with Crippen molar-refractivity contribution in [3.05, 3.63) is 35.5 Å². The summed E-state index contributed by atoms with van der Waals surface area (Å²) in [5.74, 6) is 0.818. The van der Waals surface area contributed by atoms with Crippen LogP contribution in [0.4, 0.5) is 4.39 Å². The quantitative estimate of drug-likeness (QED) is 0.915. The number of aromatic nitrogens is 2. The lowest BCUT2D eigenvalue weighted by Gasteiger charge is -2.23. The smallest absolute Gasteiger partial charge is 0.234 e. The van der Waals surface area contributed by atoms with Crippen molar-refractivity contribution in [1.29, 1.82) is 0 Å². The third-order valence-corrected chi connectivity index (χ3v) is 4.37. The highest BCUT2D eigenvalue weighted by Gasteiger charge is 2.42. The lowest BCUT2D eigenvalue weighted by molar-refractivity contribution is 0.278. The lowest BCUT2D eigenvalue weighted by atomic mass is 9.85. The van der Waals surface area contributed by atoms with Gasteiger partial charge in [-0.1, -0.05) is 11.6 Å². The maximum atomic E-state index is 13.1. The standard InChI is InChI=1S/C15H18FN3O/c1-9-8-10(16)5-6-11(9)13-18-14(20-19-13)15(2)7-3-4-12(15)17/h5-6,8,12H,3-4,7,17H2,1-2H3. The van der Waals surface area contributed by atoms with Gasteiger partial charge in [0.1, 0.15) is 5.82 Å². The van der Waals surface area contributed by atoms with Crippen molar-refractivity contribution in [3.8, 4) is 11.4 Å². The molecule has 2 atom stereocenters. The van der Waals surface area contributed by atoms with Crippen LogP contribution in [-0.4, -0.2) is 16.2 Å². The highest BCUT2D eigenvalue weighted by molar-refractivity contribution is 5.59. The molecule has 0 amide bonds. The Labute approximate surface area is 117 Å². The Bertz CT molecular complexity index is 640. The molecule has 0 saturated heterocycles. The van der Waals surface area contributed by atoms with E-state index >= 15 is 0 Å². The molecule has 1 aromatic carbocycles. The van der Waals surface area contributed by atoms with Crippen LogP contribution < -0.4 is 5.73 Å². The second kappa shape index (κ2) is 4.66. The molecule has 1 saturated carbocycles. The van der Waals surface area contributed by atoms with E-state index in [2.05, 4.69) is 17.1 Å². The molecular weight excluding hydrogens is 257 g/mol. The minimum absolute atomic E-state index is 0.0464. The molecule has 20 heavy (non-hydrogen) atoms. The van der Waals surface area contributed by atoms with Crippen molar-refractivity contribution < 1.29 is 8.91 Å². The summed E-state index contributed by atoms with van der Waals surface area (Å²) in [6.07, 6.45) is 3.01. The Morgan fingerprint density at radius 1 is 1.45 bits per heavy atom. The molecule has 106 valence electrons. The van der Waals surface area contributed by atoms with E-state index in [1.54, 1.807) is 6.07 Å². The van der Waals surface area contributed by atoms with Crippen LogP contribution in [0, 0.1) is 12.7 Å². The van der Waals surface area contributed by atoms with E-state index in [0.29, 0.717) is 11.7 Å². The summed E-state index contributed by atoms with van der Waals surface area (Å²) in [6, 6.07) is 4.59. The Hall–Kier alpha value is -1.75. The van der Waals surface area contributed by atoms with Crippen molar-refractivity contribution in [1.82, 2.24) is 10.1 Å². The van der Waals surface area contributed by atoms with E-state index in [4.69, 9.17) is 10.3 Å². The first-order chi connectivity index (χ1) is 9.50. The van der Waals surface area contributed by atoms with E-state index in [9.17, 15) is 4.39 Å². The number of hydrogen-bond donors (Lipinski definition) is 1. The average molecular weight is 275 g/mol. The van der Waals surface area contributed by atoms with E-state index in [0.717, 1.165) is 30.4 Å². The van der Waals surface area contributed by atoms with Gasteiger partial charge in [-0.2, -0.15) is 4.98 Å². The first-order valence-electron chi connectivity index (χ1n) is 6.87. The summed E-state index contributed by atoms with van der Waals surface area (Å²) in [5.41, 5.74) is 7.49. The van der Waals surface area contributed by atoms with Crippen LogP contribution in [0.2, 0.25) is 0 Å². The third-order valence-electron chi connectivity index (χ3n) is 4.37. The largest absolute Gasteiger partial charge is 0.338 e. The Morgan fingerprint density at radius 3 is 2.90 bits per heavy atom. The molecule has 1 aromatic heterocycles. The van der Waals surface area contributed by atoms with Crippen molar-refractivity contribution >= 4 is 0 Å². The van der Waals surface area contributed by atoms with Gasteiger partial charge in [-0.15, -0.1) is 0 Å². The molecule has 2 aromatic rings. The number of halogens is 1. The summed E-state index contributed by atoms with van der Waals surface area (Å²) < 4.78 is 18.6. The van der Waals surface area contributed by atoms with Crippen LogP contribution in [0.15, 0.2) is 22.7 Å². The molecule has 1 heterocycles. The maximum absolute atomic E-state index is 13.1. The highest BCUT2D eigenvalue weighted by Crippen LogP contribution is 2.39. The zero-order valence-corrected chi connectivity index (χ0v) is 11.7. The number of nitrogens with two attached hydrogens (primary N) is 1. The normalized spacial score (nSPS) is 26.1. The van der Waals surface area contributed by atoms with E-state index in [1.165, 1.54) is 12.1 Å². The van der Waals surface area contributed by atoms with Crippen LogP contribution in [0.1, 0.15) is 37.6 Å². The van der Waals surface area contributed by atoms with Gasteiger partial charge in [-0.3, -0.25) is 0 Å². The van der Waals surface area contributed by atoms with Gasteiger partial charge in [0, 0.05) is 11.6 Å². The lowest BCUT2D eigenvalue weighted by Crippen LogP contribution is -2.38. The number of rotatable bonds is 2. The van der Waals surface area contributed by atoms with Gasteiger partial charge in [0.25, 0.3) is 0 Å². The van der Waals surface area contributed by atoms with Crippen LogP contribution in [0.3, 0.4) is 0 Å². The fourth-order valence-electron chi connectivity index (χ4n) is 2.90. The Kier molecular flexibility index (Phi) is 3.09. The maximum Gasteiger partial charge on any atom is 0.234 e. The molecule has 4 nitrogen and oxygen atoms in total. The van der Waals surface area contributed by atoms with Crippen molar-refractivity contribution in [3.63, 3.8) is 0 Å². The number of benzene rings is 1. The predicted octanol–water partition coefficient (Wildman–Crippen LogP) is 2.95. The number of nitrogens with zero attached hydrogens (tertiary/aromatic N) is 2. The van der Waals surface area contributed by atoms with Crippen LogP contribution in [-0.2, 0) is 5.41 Å². The summed E-state index contributed by atoms with van der Waals surface area (Å²) in [5, 5.41) is 4.04. The molecule has 0 bridgehead atoms. The van der Waals surface area contributed by atoms with Gasteiger partial charge >= 0.3 is 0 Å². The average Bonchev–Trinajstić information content (AvgIpc) is 2.99. The van der Waals surface area contributed by atoms with Crippen molar-refractivity contribution in [2.75, 3.05) is 0 Å². The SMILES string of the molecule is Cc1cc(F)ccc1-c1noc(C2(C)CCCC2N)n1. The molecule has 0 spiro atoms. The molecule has 3 rings (SSSR count). The first-order valence-corrected chi connectivity index (χ1v) is 6.87. The summed E-state index contributed by atoms with van der Waals surface area (Å²) in [4.78, 5) is 4.49. The minimum Gasteiger partial charge on any atom is -0.338 e. The van der Waals surface area contributed by atoms with Gasteiger partial charge < -0.3 is 10.3 Å². The van der Waals surface area contributed by atoms with Gasteiger partial charge in [0.15, 0.2) is 0 Å². The molecular formula is C15H18FN3O. The van der Waals surface area contributed by atoms with E-state index in [-0.39, 0.29) is 17.3 Å². The highest BCUT2D eigenvalue weighted by atomic mass is 19.1. The fourth-order valence-corrected chi connectivity index (χ4v) is 2.90. The zero-order valence-electron chi connectivity index (χ0n) is 11.7. The Morgan fingerprint density at radius 2 is 2.25 bits per heavy atom. The minimum atomic E-state index is -0.264. The van der Waals surface area contributed by atoms with E-state index < -0.39 is 0 Å². The predicted molar refractivity (Wildman–Crippen MR) is 73.6 cm³/mol. The van der Waals surface area contributed by atoms with Gasteiger partial charge in [-0.25, -0.2) is 4.39 Å². The summed E-state index contributed by atoms with van der Waals surface area (Å²) >= 11 is 0. The third kappa shape index (κ3) is 2.02. The molecule has 1 fully saturated rings. The fraction of sp³-hybridized carbons (Fsp3) is 0.467. The molecule has 0 radical (unpaired) electrons. The van der Waals surface area contributed by atoms with Crippen molar-refractivity contribution in [2.45, 2.75) is 44.6 Å². The zero-order chi connectivity index (χ0) is 14.3. The van der Waals surface area contributed by atoms with Crippen LogP contribution >= 0.6 is 0 Å². The number of aryl methyl sites for hydroxylation is 1. The molecule has 0 aliphatic heterocycles. The second-order valence-corrected chi connectivity index (χ2v) is 5.80. The van der Waals surface area contributed by atoms with Gasteiger partial charge in [0.2, 0.25) is 11.7 Å². The van der Waals surface area contributed by atoms with Crippen LogP contribution in [0.5, 0.6) is 0 Å². The topological polar surface area (TPSA) is 64.9 Å². The van der Waals surface area contributed by atoms with Gasteiger partial charge in [0.05, 0.1) is 5.41 Å². The summed E-state index contributed by atoms with van der Waals surface area (Å²) in [7, 11) is 0. The first kappa shape index (κ1) is 13.2.